The van der Waals surface area contributed by atoms with Gasteiger partial charge in [0.15, 0.2) is 11.5 Å². The first-order chi connectivity index (χ1) is 14.0. The first kappa shape index (κ1) is 19.7. The Labute approximate surface area is 172 Å². The molecule has 0 radical (unpaired) electrons. The van der Waals surface area contributed by atoms with Gasteiger partial charge in [-0.2, -0.15) is 0 Å². The molecule has 6 nitrogen and oxygen atoms in total. The van der Waals surface area contributed by atoms with Crippen molar-refractivity contribution in [3.63, 3.8) is 0 Å². The molecule has 2 amide bonds. The third-order valence-corrected chi connectivity index (χ3v) is 6.33. The first-order valence-corrected chi connectivity index (χ1v) is 10.8. The van der Waals surface area contributed by atoms with Gasteiger partial charge in [-0.05, 0) is 63.1 Å². The molecule has 2 N–H and O–H groups in total. The minimum Gasteiger partial charge on any atom is -0.347 e. The van der Waals surface area contributed by atoms with Crippen molar-refractivity contribution in [3.8, 4) is 0 Å². The van der Waals surface area contributed by atoms with Crippen molar-refractivity contribution in [2.45, 2.75) is 77.8 Å². The second-order valence-electron chi connectivity index (χ2n) is 8.35. The maximum atomic E-state index is 13.1. The number of aromatic nitrogens is 2. The molecule has 0 unspecified atom stereocenters. The first-order valence-electron chi connectivity index (χ1n) is 10.8. The SMILES string of the molecule is Cc1cccc(NC(=O)c2nc(C(=O)NC3CCCCC3)n3c2CCCC3)c1C. The lowest BCUT2D eigenvalue weighted by Crippen LogP contribution is -2.37. The third kappa shape index (κ3) is 4.07. The van der Waals surface area contributed by atoms with Crippen molar-refractivity contribution >= 4 is 17.5 Å². The summed E-state index contributed by atoms with van der Waals surface area (Å²) in [5.41, 5.74) is 4.24. The summed E-state index contributed by atoms with van der Waals surface area (Å²) in [5.74, 6) is 0.00305. The van der Waals surface area contributed by atoms with E-state index in [0.717, 1.165) is 74.0 Å². The predicted octanol–water partition coefficient (Wildman–Crippen LogP) is 4.15. The molecule has 1 aliphatic heterocycles. The molecule has 1 aliphatic carbocycles. The Bertz CT molecular complexity index is 925. The third-order valence-electron chi connectivity index (χ3n) is 6.33. The van der Waals surface area contributed by atoms with Crippen molar-refractivity contribution in [2.24, 2.45) is 0 Å². The van der Waals surface area contributed by atoms with Crippen LogP contribution in [-0.4, -0.2) is 27.4 Å². The van der Waals surface area contributed by atoms with Gasteiger partial charge in [0.1, 0.15) is 0 Å². The molecule has 1 fully saturated rings. The Balaban J connectivity index is 1.59. The molecule has 2 aliphatic rings. The molecule has 2 aromatic rings. The number of aryl methyl sites for hydroxylation is 1. The van der Waals surface area contributed by atoms with Crippen LogP contribution in [0.15, 0.2) is 18.2 Å². The van der Waals surface area contributed by atoms with Crippen LogP contribution in [0.5, 0.6) is 0 Å². The Kier molecular flexibility index (Phi) is 5.69. The molecule has 29 heavy (non-hydrogen) atoms. The van der Waals surface area contributed by atoms with Crippen molar-refractivity contribution in [1.29, 1.82) is 0 Å². The number of rotatable bonds is 4. The summed E-state index contributed by atoms with van der Waals surface area (Å²) in [7, 11) is 0. The van der Waals surface area contributed by atoms with Crippen LogP contribution in [0.2, 0.25) is 0 Å². The van der Waals surface area contributed by atoms with E-state index in [1.807, 2.05) is 36.6 Å². The summed E-state index contributed by atoms with van der Waals surface area (Å²) in [5, 5.41) is 6.15. The number of nitrogens with one attached hydrogen (secondary N) is 2. The second-order valence-corrected chi connectivity index (χ2v) is 8.35. The molecule has 4 rings (SSSR count). The molecule has 6 heteroatoms. The standard InChI is InChI=1S/C23H30N4O2/c1-15-9-8-12-18(16(15)2)25-22(28)20-19-13-6-7-14-27(19)21(26-20)23(29)24-17-10-4-3-5-11-17/h8-9,12,17H,3-7,10-11,13-14H2,1-2H3,(H,24,29)(H,25,28). The van der Waals surface area contributed by atoms with Gasteiger partial charge in [-0.1, -0.05) is 31.4 Å². The van der Waals surface area contributed by atoms with Gasteiger partial charge in [-0.3, -0.25) is 9.59 Å². The van der Waals surface area contributed by atoms with Gasteiger partial charge in [-0.25, -0.2) is 4.98 Å². The van der Waals surface area contributed by atoms with Crippen molar-refractivity contribution < 1.29 is 9.59 Å². The lowest BCUT2D eigenvalue weighted by Gasteiger charge is -2.23. The molecule has 1 saturated carbocycles. The molecule has 1 aromatic heterocycles. The van der Waals surface area contributed by atoms with E-state index in [0.29, 0.717) is 11.5 Å². The van der Waals surface area contributed by atoms with Gasteiger partial charge in [0.2, 0.25) is 0 Å². The fraction of sp³-hybridized carbons (Fsp3) is 0.522. The highest BCUT2D eigenvalue weighted by Gasteiger charge is 2.29. The molecule has 1 aromatic carbocycles. The van der Waals surface area contributed by atoms with E-state index in [-0.39, 0.29) is 17.9 Å². The van der Waals surface area contributed by atoms with Gasteiger partial charge in [0.05, 0.1) is 5.69 Å². The van der Waals surface area contributed by atoms with E-state index in [1.165, 1.54) is 6.42 Å². The summed E-state index contributed by atoms with van der Waals surface area (Å²) >= 11 is 0. The number of anilines is 1. The fourth-order valence-corrected chi connectivity index (χ4v) is 4.46. The molecule has 0 saturated heterocycles. The van der Waals surface area contributed by atoms with Crippen LogP contribution in [0.4, 0.5) is 5.69 Å². The van der Waals surface area contributed by atoms with E-state index >= 15 is 0 Å². The number of imidazole rings is 1. The Morgan fingerprint density at radius 3 is 2.62 bits per heavy atom. The van der Waals surface area contributed by atoms with Crippen LogP contribution < -0.4 is 10.6 Å². The second kappa shape index (κ2) is 8.39. The lowest BCUT2D eigenvalue weighted by molar-refractivity contribution is 0.0911. The molecule has 0 bridgehead atoms. The smallest absolute Gasteiger partial charge is 0.287 e. The van der Waals surface area contributed by atoms with Crippen molar-refractivity contribution in [3.05, 3.63) is 46.5 Å². The molecular weight excluding hydrogens is 364 g/mol. The topological polar surface area (TPSA) is 76.0 Å². The molecule has 0 atom stereocenters. The predicted molar refractivity (Wildman–Crippen MR) is 113 cm³/mol. The van der Waals surface area contributed by atoms with Gasteiger partial charge >= 0.3 is 0 Å². The maximum absolute atomic E-state index is 13.1. The highest BCUT2D eigenvalue weighted by Crippen LogP contribution is 2.24. The number of hydrogen-bond acceptors (Lipinski definition) is 3. The number of nitrogens with zero attached hydrogens (tertiary/aromatic N) is 2. The van der Waals surface area contributed by atoms with Gasteiger partial charge < -0.3 is 15.2 Å². The monoisotopic (exact) mass is 394 g/mol. The lowest BCUT2D eigenvalue weighted by atomic mass is 9.95. The summed E-state index contributed by atoms with van der Waals surface area (Å²) in [4.78, 5) is 30.6. The van der Waals surface area contributed by atoms with Crippen LogP contribution >= 0.6 is 0 Å². The van der Waals surface area contributed by atoms with Crippen LogP contribution in [0.3, 0.4) is 0 Å². The number of benzene rings is 1. The van der Waals surface area contributed by atoms with Crippen LogP contribution in [0.1, 0.15) is 82.9 Å². The highest BCUT2D eigenvalue weighted by atomic mass is 16.2. The van der Waals surface area contributed by atoms with Gasteiger partial charge in [0.25, 0.3) is 11.8 Å². The van der Waals surface area contributed by atoms with E-state index in [2.05, 4.69) is 15.6 Å². The average Bonchev–Trinajstić information content (AvgIpc) is 3.12. The summed E-state index contributed by atoms with van der Waals surface area (Å²) < 4.78 is 1.96. The van der Waals surface area contributed by atoms with E-state index in [1.54, 1.807) is 0 Å². The zero-order valence-electron chi connectivity index (χ0n) is 17.4. The van der Waals surface area contributed by atoms with Gasteiger partial charge in [-0.15, -0.1) is 0 Å². The zero-order valence-corrected chi connectivity index (χ0v) is 17.4. The minimum atomic E-state index is -0.235. The number of amides is 2. The molecule has 2 heterocycles. The quantitative estimate of drug-likeness (QED) is 0.818. The molecule has 154 valence electrons. The number of hydrogen-bond donors (Lipinski definition) is 2. The summed E-state index contributed by atoms with van der Waals surface area (Å²) in [6.07, 6.45) is 8.41. The van der Waals surface area contributed by atoms with Crippen LogP contribution in [0, 0.1) is 13.8 Å². The Morgan fingerprint density at radius 2 is 1.83 bits per heavy atom. The normalized spacial score (nSPS) is 16.9. The van der Waals surface area contributed by atoms with Crippen LogP contribution in [-0.2, 0) is 13.0 Å². The molecular formula is C23H30N4O2. The minimum absolute atomic E-state index is 0.147. The Morgan fingerprint density at radius 1 is 1.03 bits per heavy atom. The summed E-state index contributed by atoms with van der Waals surface area (Å²) in [6.45, 7) is 4.76. The average molecular weight is 395 g/mol. The van der Waals surface area contributed by atoms with E-state index in [4.69, 9.17) is 0 Å². The number of fused-ring (bicyclic) bond motifs is 1. The van der Waals surface area contributed by atoms with Crippen molar-refractivity contribution in [2.75, 3.05) is 5.32 Å². The van der Waals surface area contributed by atoms with E-state index < -0.39 is 0 Å². The summed E-state index contributed by atoms with van der Waals surface area (Å²) in [6, 6.07) is 6.08. The maximum Gasteiger partial charge on any atom is 0.287 e. The van der Waals surface area contributed by atoms with E-state index in [9.17, 15) is 9.59 Å². The Hall–Kier alpha value is -2.63. The highest BCUT2D eigenvalue weighted by molar-refractivity contribution is 6.05. The largest absolute Gasteiger partial charge is 0.347 e. The van der Waals surface area contributed by atoms with Crippen molar-refractivity contribution in [1.82, 2.24) is 14.9 Å². The fourth-order valence-electron chi connectivity index (χ4n) is 4.46. The number of carbonyl (C=O) groups excluding carboxylic acids is 2. The molecule has 0 spiro atoms. The number of carbonyl (C=O) groups is 2. The van der Waals surface area contributed by atoms with Crippen LogP contribution in [0.25, 0.3) is 0 Å². The zero-order chi connectivity index (χ0) is 20.4. The van der Waals surface area contributed by atoms with Gasteiger partial charge in [0, 0.05) is 18.3 Å².